The lowest BCUT2D eigenvalue weighted by atomic mass is 9.82. The largest absolute Gasteiger partial charge is 0.292 e. The van der Waals surface area contributed by atoms with Crippen LogP contribution in [-0.4, -0.2) is 40.1 Å². The number of rotatable bonds is 5. The van der Waals surface area contributed by atoms with Crippen LogP contribution in [0.1, 0.15) is 40.5 Å². The molecule has 31 heavy (non-hydrogen) atoms. The van der Waals surface area contributed by atoms with Crippen LogP contribution in [0.3, 0.4) is 0 Å². The maximum atomic E-state index is 13.3. The van der Waals surface area contributed by atoms with Crippen LogP contribution in [0.4, 0.5) is 0 Å². The van der Waals surface area contributed by atoms with Crippen molar-refractivity contribution < 1.29 is 19.2 Å². The molecule has 7 heteroatoms. The molecule has 6 nitrogen and oxygen atoms in total. The topological polar surface area (TPSA) is 74.8 Å². The highest BCUT2D eigenvalue weighted by atomic mass is 35.5. The molecule has 0 bridgehead atoms. The Morgan fingerprint density at radius 2 is 1.61 bits per heavy atom. The van der Waals surface area contributed by atoms with E-state index in [1.807, 2.05) is 13.0 Å². The quantitative estimate of drug-likeness (QED) is 0.404. The van der Waals surface area contributed by atoms with Gasteiger partial charge in [-0.1, -0.05) is 53.6 Å². The van der Waals surface area contributed by atoms with E-state index in [-0.39, 0.29) is 11.3 Å². The van der Waals surface area contributed by atoms with Crippen molar-refractivity contribution in [3.8, 4) is 0 Å². The number of Topliss-reactive ketones (excluding diaryl/α,β-unsaturated/α-hetero) is 1. The highest BCUT2D eigenvalue weighted by molar-refractivity contribution is 6.30. The zero-order valence-electron chi connectivity index (χ0n) is 17.0. The molecule has 1 fully saturated rings. The van der Waals surface area contributed by atoms with Crippen LogP contribution in [0.25, 0.3) is 0 Å². The van der Waals surface area contributed by atoms with E-state index >= 15 is 0 Å². The summed E-state index contributed by atoms with van der Waals surface area (Å²) in [5, 5.41) is 2.32. The molecule has 3 amide bonds. The van der Waals surface area contributed by atoms with Gasteiger partial charge in [0.1, 0.15) is 6.54 Å². The second kappa shape index (κ2) is 8.47. The Labute approximate surface area is 185 Å². The molecule has 0 radical (unpaired) electrons. The Kier molecular flexibility index (Phi) is 5.74. The molecule has 0 N–H and O–H groups in total. The summed E-state index contributed by atoms with van der Waals surface area (Å²) in [6.45, 7) is 1.50. The predicted octanol–water partition coefficient (Wildman–Crippen LogP) is 3.92. The Bertz CT molecular complexity index is 1080. The van der Waals surface area contributed by atoms with Crippen molar-refractivity contribution in [2.24, 2.45) is 11.8 Å². The summed E-state index contributed by atoms with van der Waals surface area (Å²) < 4.78 is 0. The van der Waals surface area contributed by atoms with Gasteiger partial charge in [0.05, 0.1) is 11.8 Å². The molecule has 4 rings (SSSR count). The number of imide groups is 1. The second-order valence-electron chi connectivity index (χ2n) is 7.85. The van der Waals surface area contributed by atoms with Crippen molar-refractivity contribution in [3.63, 3.8) is 0 Å². The number of hydrazine groups is 1. The third-order valence-corrected chi connectivity index (χ3v) is 6.01. The molecule has 1 heterocycles. The van der Waals surface area contributed by atoms with Crippen LogP contribution < -0.4 is 0 Å². The fourth-order valence-corrected chi connectivity index (χ4v) is 4.21. The minimum Gasteiger partial charge on any atom is -0.292 e. The van der Waals surface area contributed by atoms with Gasteiger partial charge in [-0.15, -0.1) is 0 Å². The summed E-state index contributed by atoms with van der Waals surface area (Å²) >= 11 is 5.93. The van der Waals surface area contributed by atoms with Crippen molar-refractivity contribution in [1.29, 1.82) is 0 Å². The highest BCUT2D eigenvalue weighted by Crippen LogP contribution is 2.38. The summed E-state index contributed by atoms with van der Waals surface area (Å²) in [6, 6.07) is 14.6. The van der Waals surface area contributed by atoms with E-state index in [4.69, 9.17) is 11.6 Å². The maximum absolute atomic E-state index is 13.3. The van der Waals surface area contributed by atoms with Gasteiger partial charge in [-0.25, -0.2) is 5.01 Å². The number of hydrogen-bond acceptors (Lipinski definition) is 4. The molecule has 2 atom stereocenters. The minimum atomic E-state index is -0.606. The van der Waals surface area contributed by atoms with Crippen molar-refractivity contribution >= 4 is 35.1 Å². The lowest BCUT2D eigenvalue weighted by molar-refractivity contribution is -0.154. The first-order valence-electron chi connectivity index (χ1n) is 10.1. The predicted molar refractivity (Wildman–Crippen MR) is 115 cm³/mol. The minimum absolute atomic E-state index is 0.232. The van der Waals surface area contributed by atoms with Crippen molar-refractivity contribution in [2.45, 2.75) is 19.8 Å². The molecule has 2 aromatic rings. The standard InChI is InChI=1S/C24H21ClN2O4/c1-15-7-12-19-20(13-15)24(31)27(23(19)30)26(14-21(28)16-5-3-2-4-6-16)22(29)17-8-10-18(25)11-9-17/h2-11,19-20H,12-14H2,1H3/t19-,20+/m0/s1. The van der Waals surface area contributed by atoms with E-state index in [1.165, 1.54) is 12.1 Å². The summed E-state index contributed by atoms with van der Waals surface area (Å²) in [5.41, 5.74) is 1.67. The first-order chi connectivity index (χ1) is 14.9. The molecule has 2 aliphatic rings. The zero-order chi connectivity index (χ0) is 22.1. The van der Waals surface area contributed by atoms with Gasteiger partial charge in [0.15, 0.2) is 5.78 Å². The third-order valence-electron chi connectivity index (χ3n) is 5.76. The smallest absolute Gasteiger partial charge is 0.273 e. The Morgan fingerprint density at radius 3 is 2.29 bits per heavy atom. The van der Waals surface area contributed by atoms with Gasteiger partial charge < -0.3 is 0 Å². The van der Waals surface area contributed by atoms with Crippen molar-refractivity contribution in [2.75, 3.05) is 6.54 Å². The fourth-order valence-electron chi connectivity index (χ4n) is 4.08. The molecule has 0 unspecified atom stereocenters. The van der Waals surface area contributed by atoms with E-state index < -0.39 is 36.1 Å². The number of carbonyl (C=O) groups excluding carboxylic acids is 4. The molecule has 1 aliphatic heterocycles. The molecule has 1 aliphatic carbocycles. The zero-order valence-corrected chi connectivity index (χ0v) is 17.7. The maximum Gasteiger partial charge on any atom is 0.273 e. The number of ketones is 1. The molecule has 0 aromatic heterocycles. The van der Waals surface area contributed by atoms with E-state index in [1.54, 1.807) is 42.5 Å². The van der Waals surface area contributed by atoms with Crippen LogP contribution in [0, 0.1) is 11.8 Å². The van der Waals surface area contributed by atoms with Crippen LogP contribution in [0.2, 0.25) is 5.02 Å². The average molecular weight is 437 g/mol. The summed E-state index contributed by atoms with van der Waals surface area (Å²) in [7, 11) is 0. The first kappa shape index (κ1) is 21.0. The van der Waals surface area contributed by atoms with Gasteiger partial charge >= 0.3 is 0 Å². The highest BCUT2D eigenvalue weighted by Gasteiger charge is 2.51. The average Bonchev–Trinajstić information content (AvgIpc) is 3.02. The molecule has 0 spiro atoms. The van der Waals surface area contributed by atoms with Gasteiger partial charge in [0.25, 0.3) is 17.7 Å². The summed E-state index contributed by atoms with van der Waals surface area (Å²) in [6.07, 6.45) is 2.88. The van der Waals surface area contributed by atoms with E-state index in [9.17, 15) is 19.2 Å². The second-order valence-corrected chi connectivity index (χ2v) is 8.29. The summed E-state index contributed by atoms with van der Waals surface area (Å²) in [5.74, 6) is -2.88. The number of allylic oxidation sites excluding steroid dienone is 2. The van der Waals surface area contributed by atoms with Gasteiger partial charge in [-0.3, -0.25) is 19.2 Å². The number of nitrogens with zero attached hydrogens (tertiary/aromatic N) is 2. The fraction of sp³-hybridized carbons (Fsp3) is 0.250. The van der Waals surface area contributed by atoms with E-state index in [0.717, 1.165) is 15.6 Å². The molecule has 2 aromatic carbocycles. The van der Waals surface area contributed by atoms with Crippen LogP contribution >= 0.6 is 11.6 Å². The van der Waals surface area contributed by atoms with E-state index in [0.29, 0.717) is 23.4 Å². The van der Waals surface area contributed by atoms with Gasteiger partial charge in [0.2, 0.25) is 0 Å². The first-order valence-corrected chi connectivity index (χ1v) is 10.4. The molecule has 1 saturated heterocycles. The molecular formula is C24H21ClN2O4. The monoisotopic (exact) mass is 436 g/mol. The van der Waals surface area contributed by atoms with Gasteiger partial charge in [0, 0.05) is 16.1 Å². The van der Waals surface area contributed by atoms with E-state index in [2.05, 4.69) is 0 Å². The normalized spacial score (nSPS) is 20.3. The lowest BCUT2D eigenvalue weighted by Gasteiger charge is -2.30. The number of carbonyl (C=O) groups is 4. The lowest BCUT2D eigenvalue weighted by Crippen LogP contribution is -2.52. The number of halogens is 1. The number of amides is 3. The van der Waals surface area contributed by atoms with Crippen molar-refractivity contribution in [3.05, 3.63) is 82.4 Å². The van der Waals surface area contributed by atoms with Gasteiger partial charge in [-0.05, 0) is 44.0 Å². The number of hydrogen-bond donors (Lipinski definition) is 0. The molecule has 158 valence electrons. The van der Waals surface area contributed by atoms with Gasteiger partial charge in [-0.2, -0.15) is 5.01 Å². The number of fused-ring (bicyclic) bond motifs is 1. The number of benzene rings is 2. The van der Waals surface area contributed by atoms with Crippen LogP contribution in [-0.2, 0) is 9.59 Å². The van der Waals surface area contributed by atoms with Crippen LogP contribution in [0.15, 0.2) is 66.2 Å². The Morgan fingerprint density at radius 1 is 0.968 bits per heavy atom. The summed E-state index contributed by atoms with van der Waals surface area (Å²) in [4.78, 5) is 52.6. The van der Waals surface area contributed by atoms with Crippen molar-refractivity contribution in [1.82, 2.24) is 10.0 Å². The Balaban J connectivity index is 1.69. The molecule has 0 saturated carbocycles. The SMILES string of the molecule is CC1=CC[C@@H]2C(=O)N(N(CC(=O)c3ccccc3)C(=O)c3ccc(Cl)cc3)C(=O)[C@@H]2C1. The Hall–Kier alpha value is -3.25. The van der Waals surface area contributed by atoms with Crippen LogP contribution in [0.5, 0.6) is 0 Å². The molecular weight excluding hydrogens is 416 g/mol. The third kappa shape index (κ3) is 4.03.